The first-order valence-corrected chi connectivity index (χ1v) is 7.33. The highest BCUT2D eigenvalue weighted by atomic mass is 16.1. The van der Waals surface area contributed by atoms with Crippen molar-refractivity contribution in [1.29, 1.82) is 5.26 Å². The van der Waals surface area contributed by atoms with Gasteiger partial charge in [-0.1, -0.05) is 6.92 Å². The van der Waals surface area contributed by atoms with Crippen LogP contribution in [0.4, 0.5) is 0 Å². The highest BCUT2D eigenvalue weighted by molar-refractivity contribution is 5.95. The molecule has 2 atom stereocenters. The van der Waals surface area contributed by atoms with Crippen molar-refractivity contribution < 1.29 is 4.79 Å². The Morgan fingerprint density at radius 3 is 2.59 bits per heavy atom. The molecule has 0 spiro atoms. The summed E-state index contributed by atoms with van der Waals surface area (Å²) >= 11 is 0. The monoisotopic (exact) mass is 295 g/mol. The van der Waals surface area contributed by atoms with E-state index in [1.165, 1.54) is 0 Å². The standard InChI is InChI=1S/C16H17N5O/c1-12-3-2-8-16(12,9-17)20-15(22)13-4-6-14(7-5-13)21-10-18-19-11-21/h4-7,10-12H,2-3,8H2,1H3,(H,20,22). The van der Waals surface area contributed by atoms with Gasteiger partial charge in [0.05, 0.1) is 6.07 Å². The van der Waals surface area contributed by atoms with Crippen LogP contribution in [0.25, 0.3) is 5.69 Å². The number of hydrogen-bond acceptors (Lipinski definition) is 4. The predicted molar refractivity (Wildman–Crippen MR) is 80.2 cm³/mol. The van der Waals surface area contributed by atoms with Crippen molar-refractivity contribution in [3.63, 3.8) is 0 Å². The quantitative estimate of drug-likeness (QED) is 0.939. The normalized spacial score (nSPS) is 23.9. The average Bonchev–Trinajstić information content (AvgIpc) is 3.18. The van der Waals surface area contributed by atoms with Crippen molar-refractivity contribution in [2.45, 2.75) is 31.7 Å². The lowest BCUT2D eigenvalue weighted by Crippen LogP contribution is -2.49. The first-order valence-electron chi connectivity index (χ1n) is 7.33. The lowest BCUT2D eigenvalue weighted by Gasteiger charge is -2.27. The first kappa shape index (κ1) is 14.3. The van der Waals surface area contributed by atoms with E-state index in [-0.39, 0.29) is 11.8 Å². The summed E-state index contributed by atoms with van der Waals surface area (Å²) in [5.74, 6) is -0.0247. The summed E-state index contributed by atoms with van der Waals surface area (Å²) < 4.78 is 1.76. The molecule has 22 heavy (non-hydrogen) atoms. The van der Waals surface area contributed by atoms with E-state index in [2.05, 4.69) is 21.6 Å². The van der Waals surface area contributed by atoms with Gasteiger partial charge in [-0.15, -0.1) is 10.2 Å². The summed E-state index contributed by atoms with van der Waals surface area (Å²) in [4.78, 5) is 12.4. The molecular weight excluding hydrogens is 278 g/mol. The Bertz CT molecular complexity index is 701. The van der Waals surface area contributed by atoms with Crippen LogP contribution in [-0.2, 0) is 0 Å². The van der Waals surface area contributed by atoms with E-state index in [0.717, 1.165) is 24.9 Å². The number of carbonyl (C=O) groups is 1. The first-order chi connectivity index (χ1) is 10.6. The number of nitriles is 1. The van der Waals surface area contributed by atoms with Gasteiger partial charge >= 0.3 is 0 Å². The summed E-state index contributed by atoms with van der Waals surface area (Å²) in [6.45, 7) is 2.02. The van der Waals surface area contributed by atoms with Gasteiger partial charge in [0.2, 0.25) is 0 Å². The molecule has 1 aromatic carbocycles. The maximum Gasteiger partial charge on any atom is 0.252 e. The van der Waals surface area contributed by atoms with Crippen LogP contribution in [0.2, 0.25) is 0 Å². The van der Waals surface area contributed by atoms with Crippen LogP contribution in [0.1, 0.15) is 36.5 Å². The molecule has 1 aromatic heterocycles. The molecule has 0 radical (unpaired) electrons. The molecule has 1 aliphatic rings. The van der Waals surface area contributed by atoms with E-state index < -0.39 is 5.54 Å². The molecule has 1 saturated carbocycles. The van der Waals surface area contributed by atoms with E-state index in [4.69, 9.17) is 0 Å². The van der Waals surface area contributed by atoms with E-state index in [9.17, 15) is 10.1 Å². The maximum atomic E-state index is 12.4. The Labute approximate surface area is 128 Å². The van der Waals surface area contributed by atoms with Gasteiger partial charge in [-0.25, -0.2) is 0 Å². The summed E-state index contributed by atoms with van der Waals surface area (Å²) in [6, 6.07) is 9.46. The van der Waals surface area contributed by atoms with Gasteiger partial charge < -0.3 is 5.32 Å². The van der Waals surface area contributed by atoms with E-state index in [1.807, 2.05) is 19.1 Å². The summed E-state index contributed by atoms with van der Waals surface area (Å²) in [6.07, 6.45) is 5.86. The Balaban J connectivity index is 1.77. The topological polar surface area (TPSA) is 83.6 Å². The fourth-order valence-corrected chi connectivity index (χ4v) is 2.95. The van der Waals surface area contributed by atoms with Crippen LogP contribution in [0.15, 0.2) is 36.9 Å². The molecule has 1 heterocycles. The zero-order valence-electron chi connectivity index (χ0n) is 12.4. The summed E-state index contributed by atoms with van der Waals surface area (Å²) in [7, 11) is 0. The van der Waals surface area contributed by atoms with E-state index in [0.29, 0.717) is 5.56 Å². The molecule has 0 saturated heterocycles. The highest BCUT2D eigenvalue weighted by Crippen LogP contribution is 2.35. The molecule has 0 bridgehead atoms. The van der Waals surface area contributed by atoms with Crippen LogP contribution in [0.3, 0.4) is 0 Å². The molecule has 2 aromatic rings. The van der Waals surface area contributed by atoms with Crippen molar-refractivity contribution in [1.82, 2.24) is 20.1 Å². The Hall–Kier alpha value is -2.68. The second-order valence-electron chi connectivity index (χ2n) is 5.75. The third-order valence-corrected chi connectivity index (χ3v) is 4.43. The van der Waals surface area contributed by atoms with Gasteiger partial charge in [0.15, 0.2) is 0 Å². The molecule has 1 fully saturated rings. The number of benzene rings is 1. The third-order valence-electron chi connectivity index (χ3n) is 4.43. The predicted octanol–water partition coefficient (Wildman–Crippen LogP) is 2.08. The number of amides is 1. The summed E-state index contributed by atoms with van der Waals surface area (Å²) in [5.41, 5.74) is 0.695. The molecule has 112 valence electrons. The van der Waals surface area contributed by atoms with Gasteiger partial charge in [-0.05, 0) is 49.4 Å². The van der Waals surface area contributed by atoms with Gasteiger partial charge in [-0.2, -0.15) is 5.26 Å². The average molecular weight is 295 g/mol. The minimum Gasteiger partial charge on any atom is -0.333 e. The minimum absolute atomic E-state index is 0.178. The van der Waals surface area contributed by atoms with Crippen molar-refractivity contribution in [2.75, 3.05) is 0 Å². The molecule has 1 aliphatic carbocycles. The second kappa shape index (κ2) is 5.60. The van der Waals surface area contributed by atoms with Crippen molar-refractivity contribution in [2.24, 2.45) is 5.92 Å². The van der Waals surface area contributed by atoms with Crippen LogP contribution < -0.4 is 5.32 Å². The van der Waals surface area contributed by atoms with Crippen LogP contribution in [0, 0.1) is 17.2 Å². The fraction of sp³-hybridized carbons (Fsp3) is 0.375. The zero-order chi connectivity index (χ0) is 15.6. The van der Waals surface area contributed by atoms with Crippen LogP contribution in [0.5, 0.6) is 0 Å². The number of nitrogens with zero attached hydrogens (tertiary/aromatic N) is 4. The van der Waals surface area contributed by atoms with E-state index >= 15 is 0 Å². The highest BCUT2D eigenvalue weighted by Gasteiger charge is 2.41. The molecule has 3 rings (SSSR count). The summed E-state index contributed by atoms with van der Waals surface area (Å²) in [5, 5.41) is 19.9. The van der Waals surface area contributed by atoms with Crippen molar-refractivity contribution in [3.8, 4) is 11.8 Å². The van der Waals surface area contributed by atoms with Gasteiger partial charge in [-0.3, -0.25) is 9.36 Å². The second-order valence-corrected chi connectivity index (χ2v) is 5.75. The van der Waals surface area contributed by atoms with Gasteiger partial charge in [0, 0.05) is 11.3 Å². The Morgan fingerprint density at radius 1 is 1.36 bits per heavy atom. The fourth-order valence-electron chi connectivity index (χ4n) is 2.95. The van der Waals surface area contributed by atoms with Crippen LogP contribution >= 0.6 is 0 Å². The molecule has 0 aliphatic heterocycles. The van der Waals surface area contributed by atoms with Gasteiger partial charge in [0.25, 0.3) is 5.91 Å². The molecule has 6 nitrogen and oxygen atoms in total. The van der Waals surface area contributed by atoms with Crippen molar-refractivity contribution >= 4 is 5.91 Å². The van der Waals surface area contributed by atoms with E-state index in [1.54, 1.807) is 29.4 Å². The molecular formula is C16H17N5O. The van der Waals surface area contributed by atoms with Crippen molar-refractivity contribution in [3.05, 3.63) is 42.5 Å². The SMILES string of the molecule is CC1CCCC1(C#N)NC(=O)c1ccc(-n2cnnc2)cc1. The lowest BCUT2D eigenvalue weighted by atomic mass is 9.89. The molecule has 1 N–H and O–H groups in total. The number of rotatable bonds is 3. The Morgan fingerprint density at radius 2 is 2.05 bits per heavy atom. The van der Waals surface area contributed by atoms with Gasteiger partial charge in [0.1, 0.15) is 18.2 Å². The lowest BCUT2D eigenvalue weighted by molar-refractivity contribution is 0.0906. The zero-order valence-corrected chi connectivity index (χ0v) is 12.4. The maximum absolute atomic E-state index is 12.4. The number of nitrogens with one attached hydrogen (secondary N) is 1. The number of hydrogen-bond donors (Lipinski definition) is 1. The molecule has 6 heteroatoms. The Kier molecular flexibility index (Phi) is 3.63. The van der Waals surface area contributed by atoms with Crippen LogP contribution in [-0.4, -0.2) is 26.2 Å². The largest absolute Gasteiger partial charge is 0.333 e. The molecule has 1 amide bonds. The minimum atomic E-state index is -0.732. The number of aromatic nitrogens is 3. The third kappa shape index (κ3) is 2.46. The number of carbonyl (C=O) groups excluding carboxylic acids is 1. The smallest absolute Gasteiger partial charge is 0.252 e. The molecule has 2 unspecified atom stereocenters.